The van der Waals surface area contributed by atoms with E-state index in [4.69, 9.17) is 0 Å². The lowest BCUT2D eigenvalue weighted by Gasteiger charge is -2.10. The molecule has 0 fully saturated rings. The van der Waals surface area contributed by atoms with Gasteiger partial charge in [0.1, 0.15) is 5.82 Å². The number of hydrogen-bond donors (Lipinski definition) is 3. The number of rotatable bonds is 7. The maximum Gasteiger partial charge on any atom is 0.446 e. The minimum absolute atomic E-state index is 0.0524. The van der Waals surface area contributed by atoms with E-state index >= 15 is 0 Å². The number of benzene rings is 1. The highest BCUT2D eigenvalue weighted by Gasteiger charge is 2.29. The number of urea groups is 1. The van der Waals surface area contributed by atoms with E-state index in [9.17, 15) is 18.0 Å². The first kappa shape index (κ1) is 20.5. The molecule has 3 rings (SSSR count). The topological polar surface area (TPSA) is 83.9 Å². The van der Waals surface area contributed by atoms with Gasteiger partial charge in [-0.15, -0.1) is 10.2 Å². The summed E-state index contributed by atoms with van der Waals surface area (Å²) in [6.07, 6.45) is 3.73. The molecule has 0 bridgehead atoms. The van der Waals surface area contributed by atoms with Crippen LogP contribution in [0.3, 0.4) is 0 Å². The maximum atomic E-state index is 12.3. The lowest BCUT2D eigenvalue weighted by atomic mass is 10.3. The van der Waals surface area contributed by atoms with Crippen molar-refractivity contribution in [3.05, 3.63) is 60.9 Å². The van der Waals surface area contributed by atoms with E-state index in [1.165, 1.54) is 24.3 Å². The van der Waals surface area contributed by atoms with E-state index in [1.54, 1.807) is 6.07 Å². The number of nitrogens with one attached hydrogen (secondary N) is 3. The van der Waals surface area contributed by atoms with Crippen LogP contribution in [0.2, 0.25) is 0 Å². The predicted octanol–water partition coefficient (Wildman–Crippen LogP) is 4.11. The van der Waals surface area contributed by atoms with Crippen LogP contribution >= 0.6 is 11.8 Å². The van der Waals surface area contributed by atoms with Crippen molar-refractivity contribution in [3.8, 4) is 5.82 Å². The largest absolute Gasteiger partial charge is 0.446 e. The minimum Gasteiger partial charge on any atom is -0.367 e. The zero-order valence-electron chi connectivity index (χ0n) is 15.0. The Morgan fingerprint density at radius 3 is 2.34 bits per heavy atom. The Kier molecular flexibility index (Phi) is 6.60. The van der Waals surface area contributed by atoms with Gasteiger partial charge in [-0.1, -0.05) is 0 Å². The highest BCUT2D eigenvalue weighted by molar-refractivity contribution is 8.00. The summed E-state index contributed by atoms with van der Waals surface area (Å²) >= 11 is -0.206. The number of carbonyl (C=O) groups excluding carboxylic acids is 1. The van der Waals surface area contributed by atoms with Gasteiger partial charge in [-0.3, -0.25) is 0 Å². The number of halogens is 3. The zero-order valence-corrected chi connectivity index (χ0v) is 15.8. The van der Waals surface area contributed by atoms with Crippen molar-refractivity contribution in [1.82, 2.24) is 20.1 Å². The van der Waals surface area contributed by atoms with Crippen LogP contribution in [0.4, 0.5) is 29.5 Å². The molecule has 2 heterocycles. The average Bonchev–Trinajstić information content (AvgIpc) is 3.21. The second kappa shape index (κ2) is 9.32. The molecular formula is C18H17F3N6OS. The summed E-state index contributed by atoms with van der Waals surface area (Å²) in [7, 11) is 0. The van der Waals surface area contributed by atoms with Gasteiger partial charge in [-0.2, -0.15) is 13.2 Å². The Labute approximate surface area is 168 Å². The molecule has 0 unspecified atom stereocenters. The van der Waals surface area contributed by atoms with E-state index in [0.717, 1.165) is 0 Å². The first-order valence-corrected chi connectivity index (χ1v) is 9.32. The summed E-state index contributed by atoms with van der Waals surface area (Å²) in [6.45, 7) is 0.737. The number of hydrogen-bond acceptors (Lipinski definition) is 5. The van der Waals surface area contributed by atoms with E-state index in [-0.39, 0.29) is 16.7 Å². The van der Waals surface area contributed by atoms with Crippen LogP contribution < -0.4 is 16.0 Å². The van der Waals surface area contributed by atoms with Gasteiger partial charge < -0.3 is 20.5 Å². The van der Waals surface area contributed by atoms with E-state index < -0.39 is 11.5 Å². The third kappa shape index (κ3) is 6.71. The van der Waals surface area contributed by atoms with Crippen LogP contribution in [0.25, 0.3) is 5.82 Å². The summed E-state index contributed by atoms with van der Waals surface area (Å²) in [6, 6.07) is 12.3. The van der Waals surface area contributed by atoms with Crippen molar-refractivity contribution >= 4 is 29.3 Å². The van der Waals surface area contributed by atoms with Crippen LogP contribution in [0.15, 0.2) is 65.8 Å². The molecule has 3 aromatic rings. The van der Waals surface area contributed by atoms with E-state index in [0.29, 0.717) is 30.4 Å². The number of nitrogens with zero attached hydrogens (tertiary/aromatic N) is 3. The lowest BCUT2D eigenvalue weighted by molar-refractivity contribution is -0.0328. The number of alkyl halides is 3. The normalized spacial score (nSPS) is 11.1. The van der Waals surface area contributed by atoms with Crippen molar-refractivity contribution in [3.63, 3.8) is 0 Å². The summed E-state index contributed by atoms with van der Waals surface area (Å²) in [5, 5.41) is 16.4. The van der Waals surface area contributed by atoms with Gasteiger partial charge in [0.05, 0.1) is 0 Å². The lowest BCUT2D eigenvalue weighted by Crippen LogP contribution is -2.32. The molecule has 0 radical (unpaired) electrons. The number of amides is 2. The summed E-state index contributed by atoms with van der Waals surface area (Å²) < 4.78 is 38.7. The molecule has 0 spiro atoms. The van der Waals surface area contributed by atoms with Crippen LogP contribution in [-0.2, 0) is 0 Å². The highest BCUT2D eigenvalue weighted by atomic mass is 32.2. The van der Waals surface area contributed by atoms with Crippen LogP contribution in [0.1, 0.15) is 0 Å². The van der Waals surface area contributed by atoms with Gasteiger partial charge >= 0.3 is 11.5 Å². The molecule has 152 valence electrons. The fourth-order valence-electron chi connectivity index (χ4n) is 2.33. The summed E-state index contributed by atoms with van der Waals surface area (Å²) in [5.41, 5.74) is -3.94. The molecule has 0 aliphatic rings. The van der Waals surface area contributed by atoms with Gasteiger partial charge in [0.2, 0.25) is 0 Å². The Bertz CT molecular complexity index is 914. The first-order valence-electron chi connectivity index (χ1n) is 8.51. The van der Waals surface area contributed by atoms with Gasteiger partial charge in [0, 0.05) is 36.1 Å². The van der Waals surface area contributed by atoms with Crippen molar-refractivity contribution in [2.45, 2.75) is 10.4 Å². The Morgan fingerprint density at radius 1 is 1.00 bits per heavy atom. The maximum absolute atomic E-state index is 12.3. The van der Waals surface area contributed by atoms with E-state index in [2.05, 4.69) is 26.1 Å². The Balaban J connectivity index is 1.37. The molecular weight excluding hydrogens is 405 g/mol. The quantitative estimate of drug-likeness (QED) is 0.394. The molecule has 7 nitrogen and oxygen atoms in total. The fourth-order valence-corrected chi connectivity index (χ4v) is 2.87. The number of thioether (sulfide) groups is 1. The molecule has 2 aromatic heterocycles. The molecule has 11 heteroatoms. The third-order valence-electron chi connectivity index (χ3n) is 3.58. The number of aromatic nitrogens is 3. The monoisotopic (exact) mass is 422 g/mol. The molecule has 0 saturated carbocycles. The van der Waals surface area contributed by atoms with Crippen LogP contribution in [-0.4, -0.2) is 39.4 Å². The third-order valence-corrected chi connectivity index (χ3v) is 4.32. The van der Waals surface area contributed by atoms with Crippen LogP contribution in [0, 0.1) is 0 Å². The Morgan fingerprint density at radius 2 is 1.72 bits per heavy atom. The zero-order chi connectivity index (χ0) is 20.7. The number of anilines is 2. The molecule has 1 aromatic carbocycles. The second-order valence-electron chi connectivity index (χ2n) is 5.75. The van der Waals surface area contributed by atoms with Gasteiger partial charge in [-0.25, -0.2) is 4.79 Å². The second-order valence-corrected chi connectivity index (χ2v) is 6.89. The molecule has 0 aliphatic carbocycles. The molecule has 29 heavy (non-hydrogen) atoms. The minimum atomic E-state index is -4.34. The molecule has 0 atom stereocenters. The van der Waals surface area contributed by atoms with Gasteiger partial charge in [-0.05, 0) is 60.3 Å². The standard InChI is InChI=1S/C18H17F3N6OS/c19-18(20,21)29-14-5-3-13(4-6-14)24-17(28)23-10-9-22-15-7-8-16(26-25-15)27-11-1-2-12-27/h1-8,11-12H,9-10H2,(H,22,25)(H2,23,24,28). The van der Waals surface area contributed by atoms with E-state index in [1.807, 2.05) is 35.2 Å². The van der Waals surface area contributed by atoms with Gasteiger partial charge in [0.15, 0.2) is 5.82 Å². The number of carbonyl (C=O) groups is 1. The summed E-state index contributed by atoms with van der Waals surface area (Å²) in [4.78, 5) is 11.9. The van der Waals surface area contributed by atoms with Crippen LogP contribution in [0.5, 0.6) is 0 Å². The van der Waals surface area contributed by atoms with Crippen molar-refractivity contribution in [2.24, 2.45) is 0 Å². The molecule has 0 saturated heterocycles. The summed E-state index contributed by atoms with van der Waals surface area (Å²) in [5.74, 6) is 1.26. The highest BCUT2D eigenvalue weighted by Crippen LogP contribution is 2.36. The molecule has 0 aliphatic heterocycles. The Hall–Kier alpha value is -3.21. The molecule has 3 N–H and O–H groups in total. The average molecular weight is 422 g/mol. The predicted molar refractivity (Wildman–Crippen MR) is 105 cm³/mol. The van der Waals surface area contributed by atoms with Crippen molar-refractivity contribution in [2.75, 3.05) is 23.7 Å². The smallest absolute Gasteiger partial charge is 0.367 e. The first-order chi connectivity index (χ1) is 13.9. The van der Waals surface area contributed by atoms with Crippen molar-refractivity contribution in [1.29, 1.82) is 0 Å². The van der Waals surface area contributed by atoms with Crippen molar-refractivity contribution < 1.29 is 18.0 Å². The van der Waals surface area contributed by atoms with Gasteiger partial charge in [0.25, 0.3) is 0 Å². The fraction of sp³-hybridized carbons (Fsp3) is 0.167. The molecule has 2 amide bonds. The SMILES string of the molecule is O=C(NCCNc1ccc(-n2cccc2)nn1)Nc1ccc(SC(F)(F)F)cc1.